The van der Waals surface area contributed by atoms with Gasteiger partial charge in [0.25, 0.3) is 5.91 Å². The summed E-state index contributed by atoms with van der Waals surface area (Å²) in [5.41, 5.74) is 3.43. The summed E-state index contributed by atoms with van der Waals surface area (Å²) in [5, 5.41) is 5.98. The first-order chi connectivity index (χ1) is 16.5. The van der Waals surface area contributed by atoms with Crippen LogP contribution in [-0.4, -0.2) is 24.2 Å². The first-order valence-electron chi connectivity index (χ1n) is 10.6. The molecule has 7 heteroatoms. The molecule has 0 aliphatic carbocycles. The minimum absolute atomic E-state index is 0.315. The van der Waals surface area contributed by atoms with E-state index in [1.54, 1.807) is 49.4 Å². The van der Waals surface area contributed by atoms with Crippen LogP contribution in [0, 0.1) is 0 Å². The van der Waals surface area contributed by atoms with E-state index < -0.39 is 18.0 Å². The number of esters is 1. The minimum Gasteiger partial charge on any atom is -0.480 e. The van der Waals surface area contributed by atoms with Gasteiger partial charge in [0.1, 0.15) is 11.5 Å². The number of halogens is 1. The summed E-state index contributed by atoms with van der Waals surface area (Å²) in [6, 6.07) is 27.3. The van der Waals surface area contributed by atoms with Gasteiger partial charge in [0.15, 0.2) is 6.10 Å². The maximum atomic E-state index is 12.5. The smallest absolute Gasteiger partial charge is 0.343 e. The van der Waals surface area contributed by atoms with Crippen molar-refractivity contribution < 1.29 is 19.1 Å². The van der Waals surface area contributed by atoms with E-state index in [2.05, 4.69) is 26.5 Å². The van der Waals surface area contributed by atoms with E-state index >= 15 is 0 Å². The third-order valence-corrected chi connectivity index (χ3v) is 5.48. The molecule has 34 heavy (non-hydrogen) atoms. The Bertz CT molecular complexity index is 1350. The van der Waals surface area contributed by atoms with Crippen molar-refractivity contribution in [1.82, 2.24) is 5.43 Å². The summed E-state index contributed by atoms with van der Waals surface area (Å²) in [7, 11) is 0. The van der Waals surface area contributed by atoms with Crippen LogP contribution in [-0.2, 0) is 4.79 Å². The number of nitrogens with one attached hydrogen (secondary N) is 1. The Morgan fingerprint density at radius 2 is 1.65 bits per heavy atom. The molecule has 0 fully saturated rings. The molecule has 0 radical (unpaired) electrons. The Labute approximate surface area is 205 Å². The number of benzene rings is 4. The highest BCUT2D eigenvalue weighted by atomic mass is 79.9. The second-order valence-corrected chi connectivity index (χ2v) is 8.32. The summed E-state index contributed by atoms with van der Waals surface area (Å²) in [6.45, 7) is 1.65. The quantitative estimate of drug-likeness (QED) is 0.147. The van der Waals surface area contributed by atoms with Crippen LogP contribution < -0.4 is 14.9 Å². The lowest BCUT2D eigenvalue weighted by Gasteiger charge is -2.14. The second-order valence-electron chi connectivity index (χ2n) is 7.41. The summed E-state index contributed by atoms with van der Waals surface area (Å²) < 4.78 is 12.2. The zero-order chi connectivity index (χ0) is 23.9. The predicted octanol–water partition coefficient (Wildman–Crippen LogP) is 5.74. The van der Waals surface area contributed by atoms with E-state index in [9.17, 15) is 9.59 Å². The zero-order valence-corrected chi connectivity index (χ0v) is 19.9. The maximum absolute atomic E-state index is 12.5. The van der Waals surface area contributed by atoms with Gasteiger partial charge in [0.2, 0.25) is 0 Å². The van der Waals surface area contributed by atoms with Crippen LogP contribution in [0.5, 0.6) is 11.5 Å². The number of carbonyl (C=O) groups is 2. The largest absolute Gasteiger partial charge is 0.480 e. The molecule has 1 amide bonds. The number of hydrazone groups is 1. The van der Waals surface area contributed by atoms with Crippen molar-refractivity contribution in [1.29, 1.82) is 0 Å². The topological polar surface area (TPSA) is 77.0 Å². The Morgan fingerprint density at radius 3 is 2.47 bits per heavy atom. The van der Waals surface area contributed by atoms with Crippen LogP contribution in [0.1, 0.15) is 22.8 Å². The Kier molecular flexibility index (Phi) is 7.34. The fourth-order valence-electron chi connectivity index (χ4n) is 3.24. The van der Waals surface area contributed by atoms with E-state index in [1.807, 2.05) is 48.5 Å². The third kappa shape index (κ3) is 5.68. The molecule has 0 aliphatic rings. The number of carbonyl (C=O) groups excluding carboxylic acids is 2. The number of hydrogen-bond acceptors (Lipinski definition) is 5. The molecule has 0 spiro atoms. The van der Waals surface area contributed by atoms with Gasteiger partial charge in [-0.2, -0.15) is 5.10 Å². The highest BCUT2D eigenvalue weighted by Crippen LogP contribution is 2.26. The lowest BCUT2D eigenvalue weighted by atomic mass is 10.1. The fourth-order valence-corrected chi connectivity index (χ4v) is 3.62. The number of rotatable bonds is 7. The van der Waals surface area contributed by atoms with Gasteiger partial charge >= 0.3 is 5.97 Å². The molecule has 170 valence electrons. The average molecular weight is 517 g/mol. The van der Waals surface area contributed by atoms with Gasteiger partial charge in [0.05, 0.1) is 11.8 Å². The van der Waals surface area contributed by atoms with Crippen molar-refractivity contribution in [3.8, 4) is 11.5 Å². The molecule has 4 aromatic rings. The van der Waals surface area contributed by atoms with E-state index in [0.29, 0.717) is 22.6 Å². The SMILES string of the molecule is CC(Oc1cccc2ccccc12)C(=O)N/N=C/c1cc(Br)ccc1OC(=O)c1ccccc1. The number of nitrogens with zero attached hydrogens (tertiary/aromatic N) is 1. The van der Waals surface area contributed by atoms with Gasteiger partial charge in [-0.3, -0.25) is 4.79 Å². The number of amides is 1. The van der Waals surface area contributed by atoms with E-state index in [4.69, 9.17) is 9.47 Å². The molecule has 4 aromatic carbocycles. The molecule has 4 rings (SSSR count). The molecule has 0 saturated carbocycles. The molecular weight excluding hydrogens is 496 g/mol. The monoisotopic (exact) mass is 516 g/mol. The average Bonchev–Trinajstić information content (AvgIpc) is 2.86. The maximum Gasteiger partial charge on any atom is 0.343 e. The molecule has 0 aliphatic heterocycles. The molecule has 0 saturated heterocycles. The van der Waals surface area contributed by atoms with Crippen LogP contribution in [0.3, 0.4) is 0 Å². The van der Waals surface area contributed by atoms with Crippen molar-refractivity contribution in [2.75, 3.05) is 0 Å². The first kappa shape index (κ1) is 23.2. The van der Waals surface area contributed by atoms with Gasteiger partial charge in [-0.1, -0.05) is 70.5 Å². The fraction of sp³-hybridized carbons (Fsp3) is 0.0741. The summed E-state index contributed by atoms with van der Waals surface area (Å²) in [6.07, 6.45) is 0.641. The summed E-state index contributed by atoms with van der Waals surface area (Å²) >= 11 is 3.40. The van der Waals surface area contributed by atoms with Crippen molar-refractivity contribution >= 4 is 44.8 Å². The normalized spacial score (nSPS) is 11.8. The highest BCUT2D eigenvalue weighted by Gasteiger charge is 2.16. The van der Waals surface area contributed by atoms with Crippen LogP contribution in [0.4, 0.5) is 0 Å². The molecular formula is C27H21BrN2O4. The number of hydrogen-bond donors (Lipinski definition) is 1. The third-order valence-electron chi connectivity index (χ3n) is 4.98. The highest BCUT2D eigenvalue weighted by molar-refractivity contribution is 9.10. The van der Waals surface area contributed by atoms with Crippen LogP contribution >= 0.6 is 15.9 Å². The standard InChI is InChI=1S/C27H21BrN2O4/c1-18(33-25-13-7-11-19-8-5-6-12-23(19)25)26(31)30-29-17-21-16-22(28)14-15-24(21)34-27(32)20-9-3-2-4-10-20/h2-18H,1H3,(H,30,31)/b29-17+. The second kappa shape index (κ2) is 10.8. The number of ether oxygens (including phenoxy) is 2. The Balaban J connectivity index is 1.43. The Morgan fingerprint density at radius 1 is 0.912 bits per heavy atom. The molecule has 0 heterocycles. The van der Waals surface area contributed by atoms with E-state index in [-0.39, 0.29) is 0 Å². The first-order valence-corrected chi connectivity index (χ1v) is 11.3. The van der Waals surface area contributed by atoms with Crippen LogP contribution in [0.2, 0.25) is 0 Å². The van der Waals surface area contributed by atoms with Gasteiger partial charge in [-0.15, -0.1) is 0 Å². The van der Waals surface area contributed by atoms with Crippen molar-refractivity contribution in [3.05, 3.63) is 107 Å². The molecule has 1 unspecified atom stereocenters. The van der Waals surface area contributed by atoms with Crippen LogP contribution in [0.15, 0.2) is 101 Å². The lowest BCUT2D eigenvalue weighted by Crippen LogP contribution is -2.33. The van der Waals surface area contributed by atoms with Crippen molar-refractivity contribution in [2.45, 2.75) is 13.0 Å². The van der Waals surface area contributed by atoms with Gasteiger partial charge in [0, 0.05) is 15.4 Å². The van der Waals surface area contributed by atoms with Crippen LogP contribution in [0.25, 0.3) is 10.8 Å². The lowest BCUT2D eigenvalue weighted by molar-refractivity contribution is -0.127. The summed E-state index contributed by atoms with van der Waals surface area (Å²) in [5.74, 6) is 0.0302. The molecule has 1 N–H and O–H groups in total. The van der Waals surface area contributed by atoms with Gasteiger partial charge < -0.3 is 9.47 Å². The summed E-state index contributed by atoms with van der Waals surface area (Å²) in [4.78, 5) is 25.0. The van der Waals surface area contributed by atoms with E-state index in [0.717, 1.165) is 15.2 Å². The molecule has 6 nitrogen and oxygen atoms in total. The zero-order valence-electron chi connectivity index (χ0n) is 18.3. The Hall–Kier alpha value is -3.97. The predicted molar refractivity (Wildman–Crippen MR) is 135 cm³/mol. The number of fused-ring (bicyclic) bond motifs is 1. The van der Waals surface area contributed by atoms with Crippen molar-refractivity contribution in [3.63, 3.8) is 0 Å². The van der Waals surface area contributed by atoms with Gasteiger partial charge in [-0.05, 0) is 48.7 Å². The van der Waals surface area contributed by atoms with E-state index in [1.165, 1.54) is 6.21 Å². The van der Waals surface area contributed by atoms with Gasteiger partial charge in [-0.25, -0.2) is 10.2 Å². The molecule has 1 atom stereocenters. The molecule has 0 bridgehead atoms. The molecule has 0 aromatic heterocycles. The minimum atomic E-state index is -0.777. The van der Waals surface area contributed by atoms with Crippen molar-refractivity contribution in [2.24, 2.45) is 5.10 Å².